The number of benzene rings is 2. The van der Waals surface area contributed by atoms with Gasteiger partial charge in [-0.05, 0) is 43.2 Å². The van der Waals surface area contributed by atoms with Crippen LogP contribution in [0.2, 0.25) is 0 Å². The second kappa shape index (κ2) is 14.2. The van der Waals surface area contributed by atoms with Crippen LogP contribution >= 0.6 is 11.3 Å². The SMILES string of the molecule is CCCN(Cc1cccn1Cc1nc(C(=O)N2CCN(C/C=C/c3ccccc3)CC2)cs1)C(=O)c1ccc(C)cc1. The Kier molecular flexibility index (Phi) is 10.0. The van der Waals surface area contributed by atoms with Gasteiger partial charge < -0.3 is 14.4 Å². The van der Waals surface area contributed by atoms with E-state index in [0.29, 0.717) is 44.0 Å². The number of aromatic nitrogens is 2. The Morgan fingerprint density at radius 2 is 1.74 bits per heavy atom. The molecule has 0 aliphatic carbocycles. The molecule has 4 aromatic rings. The van der Waals surface area contributed by atoms with Crippen LogP contribution in [0.3, 0.4) is 0 Å². The van der Waals surface area contributed by atoms with E-state index in [4.69, 9.17) is 4.98 Å². The van der Waals surface area contributed by atoms with Gasteiger partial charge in [-0.3, -0.25) is 14.5 Å². The average molecular weight is 582 g/mol. The quantitative estimate of drug-likeness (QED) is 0.224. The first-order valence-corrected chi connectivity index (χ1v) is 15.6. The fourth-order valence-electron chi connectivity index (χ4n) is 5.17. The molecule has 0 unspecified atom stereocenters. The molecule has 0 N–H and O–H groups in total. The Morgan fingerprint density at radius 3 is 2.48 bits per heavy atom. The van der Waals surface area contributed by atoms with Crippen molar-refractivity contribution in [3.05, 3.63) is 117 Å². The highest BCUT2D eigenvalue weighted by Gasteiger charge is 2.24. The monoisotopic (exact) mass is 581 g/mol. The lowest BCUT2D eigenvalue weighted by atomic mass is 10.1. The van der Waals surface area contributed by atoms with Gasteiger partial charge in [-0.1, -0.05) is 67.1 Å². The summed E-state index contributed by atoms with van der Waals surface area (Å²) >= 11 is 1.51. The van der Waals surface area contributed by atoms with E-state index in [1.54, 1.807) is 0 Å². The summed E-state index contributed by atoms with van der Waals surface area (Å²) in [6.07, 6.45) is 7.24. The molecule has 3 heterocycles. The van der Waals surface area contributed by atoms with Gasteiger partial charge in [-0.2, -0.15) is 0 Å². The van der Waals surface area contributed by atoms with Crippen molar-refractivity contribution >= 4 is 29.2 Å². The van der Waals surface area contributed by atoms with E-state index < -0.39 is 0 Å². The third kappa shape index (κ3) is 7.63. The second-order valence-electron chi connectivity index (χ2n) is 10.8. The van der Waals surface area contributed by atoms with Crippen molar-refractivity contribution < 1.29 is 9.59 Å². The second-order valence-corrected chi connectivity index (χ2v) is 11.7. The summed E-state index contributed by atoms with van der Waals surface area (Å²) in [6, 6.07) is 22.1. The normalized spacial score (nSPS) is 14.0. The Hall–Kier alpha value is -4.01. The lowest BCUT2D eigenvalue weighted by molar-refractivity contribution is 0.0644. The van der Waals surface area contributed by atoms with Crippen molar-refractivity contribution in [3.63, 3.8) is 0 Å². The largest absolute Gasteiger partial charge is 0.343 e. The molecular formula is C34H39N5O2S. The van der Waals surface area contributed by atoms with E-state index in [1.807, 2.05) is 76.8 Å². The number of hydrogen-bond donors (Lipinski definition) is 0. The maximum absolute atomic E-state index is 13.3. The lowest BCUT2D eigenvalue weighted by Gasteiger charge is -2.33. The van der Waals surface area contributed by atoms with Gasteiger partial charge in [-0.15, -0.1) is 11.3 Å². The minimum absolute atomic E-state index is 0.00234. The smallest absolute Gasteiger partial charge is 0.273 e. The molecule has 0 radical (unpaired) electrons. The number of thiazole rings is 1. The molecule has 42 heavy (non-hydrogen) atoms. The summed E-state index contributed by atoms with van der Waals surface area (Å²) in [5.41, 5.74) is 4.61. The minimum Gasteiger partial charge on any atom is -0.343 e. The summed E-state index contributed by atoms with van der Waals surface area (Å²) in [7, 11) is 0. The van der Waals surface area contributed by atoms with Gasteiger partial charge in [0.15, 0.2) is 0 Å². The fraction of sp³-hybridized carbons (Fsp3) is 0.324. The Morgan fingerprint density at radius 1 is 0.976 bits per heavy atom. The topological polar surface area (TPSA) is 61.7 Å². The molecule has 1 aliphatic heterocycles. The van der Waals surface area contributed by atoms with Crippen molar-refractivity contribution in [2.45, 2.75) is 33.4 Å². The molecule has 2 amide bonds. The molecule has 218 valence electrons. The van der Waals surface area contributed by atoms with Crippen LogP contribution in [0.4, 0.5) is 0 Å². The molecule has 0 saturated carbocycles. The maximum Gasteiger partial charge on any atom is 0.273 e. The van der Waals surface area contributed by atoms with Crippen LogP contribution < -0.4 is 0 Å². The van der Waals surface area contributed by atoms with Crippen molar-refractivity contribution in [1.82, 2.24) is 24.3 Å². The van der Waals surface area contributed by atoms with Crippen LogP contribution in [0, 0.1) is 6.92 Å². The predicted octanol–water partition coefficient (Wildman–Crippen LogP) is 5.82. The summed E-state index contributed by atoms with van der Waals surface area (Å²) in [5, 5.41) is 2.76. The van der Waals surface area contributed by atoms with Crippen molar-refractivity contribution in [2.24, 2.45) is 0 Å². The Labute approximate surface area is 252 Å². The van der Waals surface area contributed by atoms with Crippen molar-refractivity contribution in [1.29, 1.82) is 0 Å². The van der Waals surface area contributed by atoms with E-state index in [2.05, 4.69) is 46.7 Å². The summed E-state index contributed by atoms with van der Waals surface area (Å²) in [5.74, 6) is 0.0431. The van der Waals surface area contributed by atoms with Crippen LogP contribution in [-0.2, 0) is 13.1 Å². The highest BCUT2D eigenvalue weighted by Crippen LogP contribution is 2.18. The summed E-state index contributed by atoms with van der Waals surface area (Å²) in [6.45, 7) is 9.88. The molecule has 1 fully saturated rings. The number of amides is 2. The van der Waals surface area contributed by atoms with Gasteiger partial charge in [0.05, 0.1) is 13.1 Å². The standard InChI is InChI=1S/C34H39N5O2S/c1-3-17-39(33(40)29-15-13-27(2)14-16-29)24-30-12-8-19-38(30)25-32-35-31(26-42-32)34(41)37-22-20-36(21-23-37)18-7-11-28-9-5-4-6-10-28/h4-16,19,26H,3,17-18,20-25H2,1-2H3/b11-7+. The van der Waals surface area contributed by atoms with Crippen molar-refractivity contribution in [2.75, 3.05) is 39.3 Å². The maximum atomic E-state index is 13.3. The Bertz CT molecular complexity index is 1480. The molecule has 2 aromatic carbocycles. The highest BCUT2D eigenvalue weighted by atomic mass is 32.1. The van der Waals surface area contributed by atoms with Gasteiger partial charge in [0.25, 0.3) is 11.8 Å². The first kappa shape index (κ1) is 29.5. The molecule has 7 nitrogen and oxygen atoms in total. The Balaban J connectivity index is 1.15. The number of piperazine rings is 1. The zero-order valence-electron chi connectivity index (χ0n) is 24.5. The average Bonchev–Trinajstić information content (AvgIpc) is 3.67. The fourth-order valence-corrected chi connectivity index (χ4v) is 5.93. The zero-order valence-corrected chi connectivity index (χ0v) is 25.3. The third-order valence-corrected chi connectivity index (χ3v) is 8.40. The molecule has 8 heteroatoms. The summed E-state index contributed by atoms with van der Waals surface area (Å²) < 4.78 is 2.12. The van der Waals surface area contributed by atoms with Crippen LogP contribution in [-0.4, -0.2) is 75.3 Å². The molecular weight excluding hydrogens is 542 g/mol. The molecule has 1 aliphatic rings. The number of carbonyl (C=O) groups is 2. The molecule has 1 saturated heterocycles. The first-order chi connectivity index (χ1) is 20.5. The molecule has 0 spiro atoms. The third-order valence-electron chi connectivity index (χ3n) is 7.57. The number of hydrogen-bond acceptors (Lipinski definition) is 5. The van der Waals surface area contributed by atoms with Gasteiger partial charge in [0, 0.05) is 62.1 Å². The predicted molar refractivity (Wildman–Crippen MR) is 170 cm³/mol. The van der Waals surface area contributed by atoms with Crippen LogP contribution in [0.1, 0.15) is 56.0 Å². The minimum atomic E-state index is 0.00234. The van der Waals surface area contributed by atoms with Gasteiger partial charge in [0.2, 0.25) is 0 Å². The number of nitrogens with zero attached hydrogens (tertiary/aromatic N) is 5. The van der Waals surface area contributed by atoms with E-state index in [1.165, 1.54) is 16.9 Å². The lowest BCUT2D eigenvalue weighted by Crippen LogP contribution is -2.48. The van der Waals surface area contributed by atoms with E-state index in [9.17, 15) is 9.59 Å². The number of rotatable bonds is 11. The van der Waals surface area contributed by atoms with Crippen LogP contribution in [0.15, 0.2) is 84.4 Å². The summed E-state index contributed by atoms with van der Waals surface area (Å²) in [4.78, 5) is 37.4. The van der Waals surface area contributed by atoms with E-state index >= 15 is 0 Å². The zero-order chi connectivity index (χ0) is 29.3. The van der Waals surface area contributed by atoms with Gasteiger partial charge in [-0.25, -0.2) is 4.98 Å². The molecule has 0 bridgehead atoms. The molecule has 0 atom stereocenters. The van der Waals surface area contributed by atoms with E-state index in [-0.39, 0.29) is 11.8 Å². The van der Waals surface area contributed by atoms with Gasteiger partial charge >= 0.3 is 0 Å². The van der Waals surface area contributed by atoms with Crippen molar-refractivity contribution in [3.8, 4) is 0 Å². The molecule has 5 rings (SSSR count). The van der Waals surface area contributed by atoms with E-state index in [0.717, 1.165) is 42.3 Å². The number of aryl methyl sites for hydroxylation is 1. The first-order valence-electron chi connectivity index (χ1n) is 14.7. The molecule has 2 aromatic heterocycles. The van der Waals surface area contributed by atoms with Gasteiger partial charge in [0.1, 0.15) is 10.7 Å². The highest BCUT2D eigenvalue weighted by molar-refractivity contribution is 7.09. The van der Waals surface area contributed by atoms with Crippen LogP contribution in [0.5, 0.6) is 0 Å². The van der Waals surface area contributed by atoms with Crippen LogP contribution in [0.25, 0.3) is 6.08 Å². The number of carbonyl (C=O) groups excluding carboxylic acids is 2.